The predicted octanol–water partition coefficient (Wildman–Crippen LogP) is 3.99. The third-order valence-corrected chi connectivity index (χ3v) is 8.14. The van der Waals surface area contributed by atoms with Crippen molar-refractivity contribution in [1.82, 2.24) is 14.9 Å². The summed E-state index contributed by atoms with van der Waals surface area (Å²) in [6, 6.07) is 15.8. The molecule has 0 spiro atoms. The number of ether oxygens (including phenoxy) is 2. The van der Waals surface area contributed by atoms with E-state index in [4.69, 9.17) is 14.5 Å². The number of fused-ring (bicyclic) bond motifs is 1. The van der Waals surface area contributed by atoms with Gasteiger partial charge in [0.2, 0.25) is 5.91 Å². The van der Waals surface area contributed by atoms with E-state index in [1.54, 1.807) is 30.5 Å². The summed E-state index contributed by atoms with van der Waals surface area (Å²) in [6.07, 6.45) is 2.18. The highest BCUT2D eigenvalue weighted by Gasteiger charge is 2.26. The van der Waals surface area contributed by atoms with Gasteiger partial charge in [-0.05, 0) is 36.1 Å². The maximum atomic E-state index is 13.3. The fourth-order valence-electron chi connectivity index (χ4n) is 4.09. The van der Waals surface area contributed by atoms with Crippen LogP contribution >= 0.6 is 23.5 Å². The largest absolute Gasteiger partial charge is 0.493 e. The third-order valence-electron chi connectivity index (χ3n) is 5.95. The Balaban J connectivity index is 1.38. The van der Waals surface area contributed by atoms with Crippen molar-refractivity contribution in [3.63, 3.8) is 0 Å². The fourth-order valence-corrected chi connectivity index (χ4v) is 6.07. The van der Waals surface area contributed by atoms with Crippen LogP contribution in [-0.2, 0) is 30.6 Å². The van der Waals surface area contributed by atoms with E-state index in [1.807, 2.05) is 36.4 Å². The van der Waals surface area contributed by atoms with Gasteiger partial charge in [0.1, 0.15) is 0 Å². The summed E-state index contributed by atoms with van der Waals surface area (Å²) in [7, 11) is 3.21. The van der Waals surface area contributed by atoms with E-state index in [0.717, 1.165) is 34.6 Å². The van der Waals surface area contributed by atoms with Crippen LogP contribution in [0.2, 0.25) is 0 Å². The van der Waals surface area contributed by atoms with Crippen LogP contribution in [0.5, 0.6) is 11.5 Å². The van der Waals surface area contributed by atoms with Crippen LogP contribution in [0.15, 0.2) is 63.4 Å². The minimum Gasteiger partial charge on any atom is -0.493 e. The normalized spacial score (nSPS) is 14.4. The molecule has 4 rings (SSSR count). The van der Waals surface area contributed by atoms with Crippen molar-refractivity contribution in [3.8, 4) is 11.5 Å². The second-order valence-corrected chi connectivity index (χ2v) is 11.0. The number of thioether (sulfide) groups is 2. The van der Waals surface area contributed by atoms with Crippen molar-refractivity contribution < 1.29 is 14.3 Å². The molecule has 1 aromatic heterocycles. The Morgan fingerprint density at radius 2 is 1.89 bits per heavy atom. The number of aromatic nitrogens is 2. The highest BCUT2D eigenvalue weighted by atomic mass is 32.2. The standard InChI is InChI=1S/C27H31N3O4S2/c1-18-15-21-25(36-18)26(32)30(14-12-19-7-5-4-6-8-19)27(29-21)35-17-24(31)28-13-11-20-9-10-22(33-2)23(16-20)34-3/h4-10,16,18H,11-15,17H2,1-3H3,(H,28,31). The van der Waals surface area contributed by atoms with Gasteiger partial charge in [-0.3, -0.25) is 14.2 Å². The number of hydrogen-bond donors (Lipinski definition) is 1. The molecule has 1 atom stereocenters. The summed E-state index contributed by atoms with van der Waals surface area (Å²) in [6.45, 7) is 3.14. The first-order valence-corrected chi connectivity index (χ1v) is 13.8. The zero-order chi connectivity index (χ0) is 25.5. The fraction of sp³-hybridized carbons (Fsp3) is 0.370. The third kappa shape index (κ3) is 6.44. The molecular formula is C27H31N3O4S2. The highest BCUT2D eigenvalue weighted by Crippen LogP contribution is 2.34. The van der Waals surface area contributed by atoms with Crippen molar-refractivity contribution >= 4 is 29.4 Å². The second kappa shape index (κ2) is 12.4. The van der Waals surface area contributed by atoms with Crippen molar-refractivity contribution in [3.05, 3.63) is 75.7 Å². The highest BCUT2D eigenvalue weighted by molar-refractivity contribution is 8.00. The van der Waals surface area contributed by atoms with Crippen molar-refractivity contribution in [2.24, 2.45) is 0 Å². The Morgan fingerprint density at radius 3 is 2.64 bits per heavy atom. The molecule has 0 fully saturated rings. The summed E-state index contributed by atoms with van der Waals surface area (Å²) in [5.41, 5.74) is 3.06. The quantitative estimate of drug-likeness (QED) is 0.299. The Bertz CT molecular complexity index is 1260. The van der Waals surface area contributed by atoms with Crippen molar-refractivity contribution in [2.45, 2.75) is 48.0 Å². The SMILES string of the molecule is COc1ccc(CCNC(=O)CSc2nc3c(c(=O)n2CCc2ccccc2)SC(C)C3)cc1OC. The number of nitrogens with one attached hydrogen (secondary N) is 1. The van der Waals surface area contributed by atoms with Crippen LogP contribution in [0.1, 0.15) is 23.7 Å². The number of rotatable bonds is 11. The number of carbonyl (C=O) groups is 1. The van der Waals surface area contributed by atoms with E-state index in [9.17, 15) is 9.59 Å². The summed E-state index contributed by atoms with van der Waals surface area (Å²) >= 11 is 2.92. The van der Waals surface area contributed by atoms with Gasteiger partial charge < -0.3 is 14.8 Å². The molecule has 1 amide bonds. The number of methoxy groups -OCH3 is 2. The molecule has 1 aliphatic heterocycles. The van der Waals surface area contributed by atoms with Gasteiger partial charge in [0.05, 0.1) is 30.6 Å². The van der Waals surface area contributed by atoms with Crippen LogP contribution in [-0.4, -0.2) is 47.2 Å². The van der Waals surface area contributed by atoms with Gasteiger partial charge in [-0.2, -0.15) is 0 Å². The lowest BCUT2D eigenvalue weighted by atomic mass is 10.1. The molecule has 2 aromatic carbocycles. The van der Waals surface area contributed by atoms with Crippen LogP contribution in [0.25, 0.3) is 0 Å². The molecule has 190 valence electrons. The number of amides is 1. The molecular weight excluding hydrogens is 494 g/mol. The molecule has 1 aliphatic rings. The van der Waals surface area contributed by atoms with Gasteiger partial charge in [-0.15, -0.1) is 11.8 Å². The van der Waals surface area contributed by atoms with Crippen LogP contribution in [0.4, 0.5) is 0 Å². The van der Waals surface area contributed by atoms with E-state index in [0.29, 0.717) is 41.4 Å². The maximum absolute atomic E-state index is 13.3. The lowest BCUT2D eigenvalue weighted by molar-refractivity contribution is -0.118. The molecule has 3 aromatic rings. The first-order chi connectivity index (χ1) is 17.5. The van der Waals surface area contributed by atoms with Gasteiger partial charge in [0, 0.05) is 24.8 Å². The first kappa shape index (κ1) is 26.2. The molecule has 36 heavy (non-hydrogen) atoms. The molecule has 2 heterocycles. The van der Waals surface area contributed by atoms with E-state index >= 15 is 0 Å². The van der Waals surface area contributed by atoms with E-state index in [-0.39, 0.29) is 17.2 Å². The van der Waals surface area contributed by atoms with E-state index in [1.165, 1.54) is 11.8 Å². The Morgan fingerprint density at radius 1 is 1.11 bits per heavy atom. The molecule has 7 nitrogen and oxygen atoms in total. The Labute approximate surface area is 220 Å². The number of hydrogen-bond acceptors (Lipinski definition) is 7. The lowest BCUT2D eigenvalue weighted by Crippen LogP contribution is -2.29. The topological polar surface area (TPSA) is 82.5 Å². The summed E-state index contributed by atoms with van der Waals surface area (Å²) < 4.78 is 12.4. The molecule has 0 radical (unpaired) electrons. The average Bonchev–Trinajstić information content (AvgIpc) is 3.28. The predicted molar refractivity (Wildman–Crippen MR) is 145 cm³/mol. The van der Waals surface area contributed by atoms with Gasteiger partial charge in [0.15, 0.2) is 16.7 Å². The van der Waals surface area contributed by atoms with Crippen molar-refractivity contribution in [1.29, 1.82) is 0 Å². The lowest BCUT2D eigenvalue weighted by Gasteiger charge is -2.14. The summed E-state index contributed by atoms with van der Waals surface area (Å²) in [4.78, 5) is 31.4. The summed E-state index contributed by atoms with van der Waals surface area (Å²) in [5.74, 6) is 1.45. The van der Waals surface area contributed by atoms with Crippen LogP contribution in [0, 0.1) is 0 Å². The van der Waals surface area contributed by atoms with E-state index < -0.39 is 0 Å². The van der Waals surface area contributed by atoms with Crippen LogP contribution in [0.3, 0.4) is 0 Å². The molecule has 9 heteroatoms. The summed E-state index contributed by atoms with van der Waals surface area (Å²) in [5, 5.41) is 3.91. The molecule has 0 aliphatic carbocycles. The molecule has 1 N–H and O–H groups in total. The Hall–Kier alpha value is -2.91. The average molecular weight is 526 g/mol. The minimum atomic E-state index is -0.0902. The van der Waals surface area contributed by atoms with Gasteiger partial charge >= 0.3 is 0 Å². The van der Waals surface area contributed by atoms with Crippen LogP contribution < -0.4 is 20.3 Å². The van der Waals surface area contributed by atoms with Gasteiger partial charge in [-0.1, -0.05) is 55.1 Å². The molecule has 0 saturated carbocycles. The molecule has 0 saturated heterocycles. The zero-order valence-corrected chi connectivity index (χ0v) is 22.4. The Kier molecular flexibility index (Phi) is 8.98. The molecule has 0 bridgehead atoms. The first-order valence-electron chi connectivity index (χ1n) is 11.9. The zero-order valence-electron chi connectivity index (χ0n) is 20.8. The second-order valence-electron chi connectivity index (χ2n) is 8.57. The maximum Gasteiger partial charge on any atom is 0.268 e. The molecule has 1 unspecified atom stereocenters. The number of aryl methyl sites for hydroxylation is 1. The number of nitrogens with zero attached hydrogens (tertiary/aromatic N) is 2. The smallest absolute Gasteiger partial charge is 0.268 e. The number of carbonyl (C=O) groups excluding carboxylic acids is 1. The van der Waals surface area contributed by atoms with Gasteiger partial charge in [-0.25, -0.2) is 4.98 Å². The van der Waals surface area contributed by atoms with Crippen molar-refractivity contribution in [2.75, 3.05) is 26.5 Å². The van der Waals surface area contributed by atoms with E-state index in [2.05, 4.69) is 24.4 Å². The minimum absolute atomic E-state index is 0.00152. The monoisotopic (exact) mass is 525 g/mol. The number of benzene rings is 2. The van der Waals surface area contributed by atoms with Gasteiger partial charge in [0.25, 0.3) is 5.56 Å².